The fourth-order valence-corrected chi connectivity index (χ4v) is 12.7. The zero-order chi connectivity index (χ0) is 33.1. The molecule has 1 heteroatoms. The van der Waals surface area contributed by atoms with Gasteiger partial charge in [0, 0.05) is 11.1 Å². The summed E-state index contributed by atoms with van der Waals surface area (Å²) in [5.74, 6) is 0. The van der Waals surface area contributed by atoms with Crippen LogP contribution in [0.1, 0.15) is 139 Å². The molecule has 0 bridgehead atoms. The molecule has 0 radical (unpaired) electrons. The lowest BCUT2D eigenvalue weighted by Gasteiger charge is -2.39. The number of benzene rings is 4. The summed E-state index contributed by atoms with van der Waals surface area (Å²) in [6.45, 7) is 33.7. The van der Waals surface area contributed by atoms with Crippen LogP contribution in [-0.2, 0) is 21.7 Å². The quantitative estimate of drug-likeness (QED) is 0.198. The van der Waals surface area contributed by atoms with E-state index in [2.05, 4.69) is 169 Å². The zero-order valence-electron chi connectivity index (χ0n) is 30.6. The summed E-state index contributed by atoms with van der Waals surface area (Å²) in [4.78, 5) is 0. The predicted octanol–water partition coefficient (Wildman–Crippen LogP) is 12.6. The molecular weight excluding hydrogens is 557 g/mol. The summed E-state index contributed by atoms with van der Waals surface area (Å²) in [7, 11) is -2.17. The second kappa shape index (κ2) is 10.0. The van der Waals surface area contributed by atoms with Crippen molar-refractivity contribution in [2.45, 2.75) is 129 Å². The summed E-state index contributed by atoms with van der Waals surface area (Å²) in [5, 5.41) is 0. The molecule has 0 fully saturated rings. The van der Waals surface area contributed by atoms with Crippen molar-refractivity contribution in [1.82, 2.24) is 0 Å². The average molecular weight is 613 g/mol. The fourth-order valence-electron chi connectivity index (χ4n) is 8.16. The van der Waals surface area contributed by atoms with E-state index in [1.807, 2.05) is 0 Å². The maximum Gasteiger partial charge on any atom is 0.0731 e. The van der Waals surface area contributed by atoms with E-state index in [-0.39, 0.29) is 21.7 Å². The van der Waals surface area contributed by atoms with Crippen molar-refractivity contribution in [2.24, 2.45) is 0 Å². The van der Waals surface area contributed by atoms with Crippen molar-refractivity contribution in [3.8, 4) is 22.3 Å². The van der Waals surface area contributed by atoms with E-state index in [0.717, 1.165) is 0 Å². The summed E-state index contributed by atoms with van der Waals surface area (Å²) in [5.41, 5.74) is 19.1. The second-order valence-corrected chi connectivity index (χ2v) is 23.7. The van der Waals surface area contributed by atoms with Crippen LogP contribution in [0.15, 0.2) is 72.8 Å². The first-order valence-corrected chi connectivity index (χ1v) is 20.3. The molecule has 0 nitrogen and oxygen atoms in total. The van der Waals surface area contributed by atoms with Crippen LogP contribution in [0.5, 0.6) is 0 Å². The van der Waals surface area contributed by atoms with Crippen LogP contribution in [0, 0.1) is 0 Å². The Morgan fingerprint density at radius 2 is 0.556 bits per heavy atom. The third-order valence-corrected chi connectivity index (χ3v) is 15.2. The highest BCUT2D eigenvalue weighted by molar-refractivity contribution is 6.82. The van der Waals surface area contributed by atoms with Crippen LogP contribution in [0.25, 0.3) is 22.3 Å². The number of fused-ring (bicyclic) bond motifs is 6. The highest BCUT2D eigenvalue weighted by atomic mass is 28.3. The highest BCUT2D eigenvalue weighted by Crippen LogP contribution is 2.59. The molecule has 6 rings (SSSR count). The van der Waals surface area contributed by atoms with Crippen molar-refractivity contribution in [3.63, 3.8) is 0 Å². The van der Waals surface area contributed by atoms with E-state index in [4.69, 9.17) is 0 Å². The van der Waals surface area contributed by atoms with Crippen LogP contribution >= 0.6 is 0 Å². The van der Waals surface area contributed by atoms with Crippen LogP contribution in [0.3, 0.4) is 0 Å². The first-order chi connectivity index (χ1) is 20.6. The average Bonchev–Trinajstić information content (AvgIpc) is 3.43. The molecule has 0 spiro atoms. The Morgan fingerprint density at radius 3 is 0.733 bits per heavy atom. The molecule has 2 aliphatic carbocycles. The molecule has 236 valence electrons. The minimum Gasteiger partial charge on any atom is -0.0679 e. The SMILES string of the molecule is CC(C)(C)c1ccc2c(c1)C([Si](C)(C)C1c3cc(C(C)(C)C)ccc3-c3ccc(C(C)(C)C)cc31)c1cc(C(C)(C)C)ccc1-2. The molecule has 0 saturated heterocycles. The van der Waals surface area contributed by atoms with Gasteiger partial charge in [0.1, 0.15) is 0 Å². The van der Waals surface area contributed by atoms with E-state index < -0.39 is 8.07 Å². The van der Waals surface area contributed by atoms with Crippen molar-refractivity contribution >= 4 is 8.07 Å². The van der Waals surface area contributed by atoms with Gasteiger partial charge in [-0.1, -0.05) is 169 Å². The minimum absolute atomic E-state index is 0.104. The second-order valence-electron chi connectivity index (χ2n) is 18.9. The van der Waals surface area contributed by atoms with Gasteiger partial charge in [0.25, 0.3) is 0 Å². The van der Waals surface area contributed by atoms with Gasteiger partial charge in [-0.05, 0) is 88.4 Å². The summed E-state index contributed by atoms with van der Waals surface area (Å²) in [6.07, 6.45) is 0. The lowest BCUT2D eigenvalue weighted by molar-refractivity contribution is 0.589. The molecule has 0 saturated carbocycles. The van der Waals surface area contributed by atoms with Gasteiger partial charge in [-0.15, -0.1) is 0 Å². The topological polar surface area (TPSA) is 0 Å². The molecule has 0 aliphatic heterocycles. The first kappa shape index (κ1) is 32.1. The Hall–Kier alpha value is -2.90. The van der Waals surface area contributed by atoms with E-state index in [1.165, 1.54) is 44.5 Å². The monoisotopic (exact) mass is 612 g/mol. The molecular formula is C44H56Si. The predicted molar refractivity (Wildman–Crippen MR) is 200 cm³/mol. The summed E-state index contributed by atoms with van der Waals surface area (Å²) >= 11 is 0. The van der Waals surface area contributed by atoms with Gasteiger partial charge in [-0.3, -0.25) is 0 Å². The Morgan fingerprint density at radius 1 is 0.356 bits per heavy atom. The third kappa shape index (κ3) is 5.28. The molecule has 0 aromatic heterocycles. The molecule has 0 amide bonds. The Balaban J connectivity index is 1.65. The Kier molecular flexibility index (Phi) is 7.16. The van der Waals surface area contributed by atoms with Crippen molar-refractivity contribution in [2.75, 3.05) is 0 Å². The van der Waals surface area contributed by atoms with E-state index in [9.17, 15) is 0 Å². The molecule has 4 aromatic rings. The molecule has 0 N–H and O–H groups in total. The maximum absolute atomic E-state index is 2.71. The molecule has 0 atom stereocenters. The van der Waals surface area contributed by atoms with Crippen LogP contribution in [-0.4, -0.2) is 8.07 Å². The van der Waals surface area contributed by atoms with E-state index in [1.54, 1.807) is 22.3 Å². The highest BCUT2D eigenvalue weighted by Gasteiger charge is 2.50. The molecule has 0 unspecified atom stereocenters. The third-order valence-electron chi connectivity index (χ3n) is 11.0. The number of rotatable bonds is 2. The minimum atomic E-state index is -2.17. The molecule has 0 heterocycles. The van der Waals surface area contributed by atoms with Crippen LogP contribution < -0.4 is 0 Å². The standard InChI is InChI=1S/C44H56Si/c1-41(2,3)27-15-19-31-32-20-16-28(42(4,5)6)24-36(32)39(35(31)23-27)45(13,14)40-37-25-29(43(7,8)9)17-21-33(37)34-22-18-30(26-38(34)40)44(10,11)12/h15-26,39-40H,1-14H3. The van der Waals surface area contributed by atoms with E-state index in [0.29, 0.717) is 11.1 Å². The fraction of sp³-hybridized carbons (Fsp3) is 0.455. The van der Waals surface area contributed by atoms with Crippen LogP contribution in [0.2, 0.25) is 13.1 Å². The summed E-state index contributed by atoms with van der Waals surface area (Å²) < 4.78 is 0. The largest absolute Gasteiger partial charge is 0.0731 e. The van der Waals surface area contributed by atoms with Crippen LogP contribution in [0.4, 0.5) is 0 Å². The Bertz CT molecular complexity index is 1540. The van der Waals surface area contributed by atoms with Gasteiger partial charge < -0.3 is 0 Å². The molecule has 4 aromatic carbocycles. The van der Waals surface area contributed by atoms with Gasteiger partial charge in [-0.25, -0.2) is 0 Å². The van der Waals surface area contributed by atoms with Gasteiger partial charge in [0.15, 0.2) is 0 Å². The normalized spacial score (nSPS) is 15.6. The lowest BCUT2D eigenvalue weighted by Crippen LogP contribution is -2.42. The van der Waals surface area contributed by atoms with Crippen molar-refractivity contribution < 1.29 is 0 Å². The van der Waals surface area contributed by atoms with Gasteiger partial charge in [0.05, 0.1) is 8.07 Å². The maximum atomic E-state index is 2.71. The molecule has 45 heavy (non-hydrogen) atoms. The van der Waals surface area contributed by atoms with Crippen molar-refractivity contribution in [3.05, 3.63) is 117 Å². The van der Waals surface area contributed by atoms with Crippen molar-refractivity contribution in [1.29, 1.82) is 0 Å². The zero-order valence-corrected chi connectivity index (χ0v) is 31.6. The molecule has 2 aliphatic rings. The van der Waals surface area contributed by atoms with Gasteiger partial charge >= 0.3 is 0 Å². The first-order valence-electron chi connectivity index (χ1n) is 17.2. The Labute approximate surface area is 275 Å². The lowest BCUT2D eigenvalue weighted by atomic mass is 9.85. The van der Waals surface area contributed by atoms with Gasteiger partial charge in [-0.2, -0.15) is 0 Å². The van der Waals surface area contributed by atoms with Gasteiger partial charge in [0.2, 0.25) is 0 Å². The van der Waals surface area contributed by atoms with E-state index >= 15 is 0 Å². The summed E-state index contributed by atoms with van der Waals surface area (Å²) in [6, 6.07) is 29.7. The number of hydrogen-bond donors (Lipinski definition) is 0. The number of hydrogen-bond acceptors (Lipinski definition) is 0. The smallest absolute Gasteiger partial charge is 0.0679 e.